The lowest BCUT2D eigenvalue weighted by Crippen LogP contribution is -2.22. The summed E-state index contributed by atoms with van der Waals surface area (Å²) in [5.74, 6) is 2.93. The highest BCUT2D eigenvalue weighted by molar-refractivity contribution is 7.85. The maximum atomic E-state index is 11.5. The highest BCUT2D eigenvalue weighted by Crippen LogP contribution is 2.29. The molecule has 0 bridgehead atoms. The molecule has 0 amide bonds. The van der Waals surface area contributed by atoms with Crippen LogP contribution in [-0.4, -0.2) is 25.3 Å². The van der Waals surface area contributed by atoms with Crippen LogP contribution in [0.2, 0.25) is 0 Å². The van der Waals surface area contributed by atoms with Crippen molar-refractivity contribution in [2.24, 2.45) is 0 Å². The van der Waals surface area contributed by atoms with Crippen LogP contribution in [0.15, 0.2) is 18.2 Å². The lowest BCUT2D eigenvalue weighted by Gasteiger charge is -2.25. The van der Waals surface area contributed by atoms with Crippen molar-refractivity contribution in [1.29, 1.82) is 0 Å². The molecule has 0 saturated carbocycles. The zero-order valence-corrected chi connectivity index (χ0v) is 12.5. The molecule has 2 aromatic rings. The zero-order valence-electron chi connectivity index (χ0n) is 10.9. The van der Waals surface area contributed by atoms with Gasteiger partial charge in [0.05, 0.1) is 16.9 Å². The third-order valence-electron chi connectivity index (χ3n) is 3.76. The molecular formula is C14H17ClN2OS. The number of hydrogen-bond acceptors (Lipinski definition) is 2. The van der Waals surface area contributed by atoms with Gasteiger partial charge in [-0.05, 0) is 37.5 Å². The Morgan fingerprint density at radius 2 is 2.16 bits per heavy atom. The van der Waals surface area contributed by atoms with Crippen LogP contribution in [0.1, 0.15) is 30.3 Å². The van der Waals surface area contributed by atoms with E-state index in [0.29, 0.717) is 11.9 Å². The quantitative estimate of drug-likeness (QED) is 0.798. The average molecular weight is 297 g/mol. The van der Waals surface area contributed by atoms with Crippen LogP contribution in [-0.2, 0) is 16.7 Å². The van der Waals surface area contributed by atoms with Crippen LogP contribution in [0.4, 0.5) is 0 Å². The molecule has 1 aliphatic rings. The summed E-state index contributed by atoms with van der Waals surface area (Å²) in [5.41, 5.74) is 3.38. The largest absolute Gasteiger partial charge is 0.324 e. The minimum Gasteiger partial charge on any atom is -0.324 e. The smallest absolute Gasteiger partial charge is 0.125 e. The lowest BCUT2D eigenvalue weighted by atomic mass is 10.1. The van der Waals surface area contributed by atoms with Gasteiger partial charge in [-0.25, -0.2) is 4.98 Å². The number of imidazole rings is 1. The first-order valence-electron chi connectivity index (χ1n) is 6.57. The van der Waals surface area contributed by atoms with E-state index < -0.39 is 10.8 Å². The molecule has 3 rings (SSSR count). The Bertz CT molecular complexity index is 628. The molecule has 0 unspecified atom stereocenters. The number of rotatable bonds is 2. The lowest BCUT2D eigenvalue weighted by molar-refractivity contribution is 0.462. The summed E-state index contributed by atoms with van der Waals surface area (Å²) in [7, 11) is -0.635. The monoisotopic (exact) mass is 296 g/mol. The van der Waals surface area contributed by atoms with Crippen molar-refractivity contribution in [3.05, 3.63) is 29.6 Å². The van der Waals surface area contributed by atoms with E-state index in [4.69, 9.17) is 11.6 Å². The number of aryl methyl sites for hydroxylation is 1. The van der Waals surface area contributed by atoms with E-state index >= 15 is 0 Å². The molecule has 0 N–H and O–H groups in total. The van der Waals surface area contributed by atoms with Crippen LogP contribution in [0.3, 0.4) is 0 Å². The molecule has 1 saturated heterocycles. The molecule has 1 aliphatic heterocycles. The van der Waals surface area contributed by atoms with Gasteiger partial charge in [0.25, 0.3) is 0 Å². The van der Waals surface area contributed by atoms with Gasteiger partial charge in [-0.2, -0.15) is 0 Å². The summed E-state index contributed by atoms with van der Waals surface area (Å²) in [6.45, 7) is 2.07. The van der Waals surface area contributed by atoms with Crippen LogP contribution >= 0.6 is 11.6 Å². The van der Waals surface area contributed by atoms with E-state index in [9.17, 15) is 4.21 Å². The van der Waals surface area contributed by atoms with Crippen molar-refractivity contribution in [3.8, 4) is 0 Å². The molecule has 1 aromatic carbocycles. The summed E-state index contributed by atoms with van der Waals surface area (Å²) in [6.07, 6.45) is 1.91. The molecular weight excluding hydrogens is 280 g/mol. The third-order valence-corrected chi connectivity index (χ3v) is 5.38. The number of benzene rings is 1. The van der Waals surface area contributed by atoms with E-state index in [2.05, 4.69) is 34.7 Å². The fraction of sp³-hybridized carbons (Fsp3) is 0.500. The van der Waals surface area contributed by atoms with Crippen LogP contribution in [0.5, 0.6) is 0 Å². The van der Waals surface area contributed by atoms with Gasteiger partial charge in [0, 0.05) is 28.3 Å². The molecule has 102 valence electrons. The van der Waals surface area contributed by atoms with E-state index in [-0.39, 0.29) is 0 Å². The van der Waals surface area contributed by atoms with Crippen LogP contribution in [0, 0.1) is 6.92 Å². The molecule has 0 atom stereocenters. The van der Waals surface area contributed by atoms with Gasteiger partial charge in [-0.15, -0.1) is 11.6 Å². The maximum absolute atomic E-state index is 11.5. The van der Waals surface area contributed by atoms with Crippen molar-refractivity contribution in [2.75, 3.05) is 11.5 Å². The Balaban J connectivity index is 2.08. The first-order valence-corrected chi connectivity index (χ1v) is 8.59. The fourth-order valence-electron chi connectivity index (χ4n) is 2.80. The van der Waals surface area contributed by atoms with Gasteiger partial charge in [-0.1, -0.05) is 6.07 Å². The first-order chi connectivity index (χ1) is 9.19. The Kier molecular flexibility index (Phi) is 3.63. The highest BCUT2D eigenvalue weighted by Gasteiger charge is 2.23. The number of halogens is 1. The average Bonchev–Trinajstić information content (AvgIpc) is 2.77. The number of alkyl halides is 1. The van der Waals surface area contributed by atoms with Crippen LogP contribution in [0.25, 0.3) is 11.0 Å². The molecule has 1 fully saturated rings. The second-order valence-electron chi connectivity index (χ2n) is 5.10. The number of nitrogens with zero attached hydrogens (tertiary/aromatic N) is 2. The molecule has 5 heteroatoms. The number of fused-ring (bicyclic) bond motifs is 1. The highest BCUT2D eigenvalue weighted by atomic mass is 35.5. The minimum atomic E-state index is -0.635. The van der Waals surface area contributed by atoms with Gasteiger partial charge in [-0.3, -0.25) is 4.21 Å². The number of aromatic nitrogens is 2. The summed E-state index contributed by atoms with van der Waals surface area (Å²) in [4.78, 5) is 4.64. The predicted octanol–water partition coefficient (Wildman–Crippen LogP) is 3.17. The summed E-state index contributed by atoms with van der Waals surface area (Å²) >= 11 is 6.05. The Morgan fingerprint density at radius 1 is 1.42 bits per heavy atom. The summed E-state index contributed by atoms with van der Waals surface area (Å²) in [6, 6.07) is 6.72. The SMILES string of the molecule is Cc1ccc2c(c1)nc(CCl)n2C1CCS(=O)CC1. The van der Waals surface area contributed by atoms with E-state index in [1.165, 1.54) is 5.56 Å². The molecule has 1 aromatic heterocycles. The van der Waals surface area contributed by atoms with Crippen LogP contribution < -0.4 is 0 Å². The normalized spacial score (nSPS) is 23.9. The van der Waals surface area contributed by atoms with E-state index in [1.807, 2.05) is 0 Å². The van der Waals surface area contributed by atoms with Crippen molar-refractivity contribution in [3.63, 3.8) is 0 Å². The van der Waals surface area contributed by atoms with Gasteiger partial charge in [0.1, 0.15) is 5.82 Å². The van der Waals surface area contributed by atoms with Crippen molar-refractivity contribution >= 4 is 33.4 Å². The Hall–Kier alpha value is -0.870. The maximum Gasteiger partial charge on any atom is 0.125 e. The predicted molar refractivity (Wildman–Crippen MR) is 80.2 cm³/mol. The molecule has 2 heterocycles. The second kappa shape index (κ2) is 5.25. The van der Waals surface area contributed by atoms with Crippen molar-refractivity contribution < 1.29 is 4.21 Å². The molecule has 0 aliphatic carbocycles. The zero-order chi connectivity index (χ0) is 13.4. The topological polar surface area (TPSA) is 34.9 Å². The third kappa shape index (κ3) is 2.43. The van der Waals surface area contributed by atoms with Gasteiger partial charge < -0.3 is 4.57 Å². The Morgan fingerprint density at radius 3 is 2.84 bits per heavy atom. The molecule has 19 heavy (non-hydrogen) atoms. The van der Waals surface area contributed by atoms with Gasteiger partial charge in [0.15, 0.2) is 0 Å². The first kappa shape index (κ1) is 13.1. The van der Waals surface area contributed by atoms with Crippen molar-refractivity contribution in [2.45, 2.75) is 31.7 Å². The molecule has 3 nitrogen and oxygen atoms in total. The van der Waals surface area contributed by atoms with Gasteiger partial charge >= 0.3 is 0 Å². The summed E-state index contributed by atoms with van der Waals surface area (Å²) < 4.78 is 13.8. The fourth-order valence-corrected chi connectivity index (χ4v) is 4.26. The van der Waals surface area contributed by atoms with E-state index in [0.717, 1.165) is 41.2 Å². The molecule has 0 spiro atoms. The summed E-state index contributed by atoms with van der Waals surface area (Å²) in [5, 5.41) is 0. The minimum absolute atomic E-state index is 0.388. The second-order valence-corrected chi connectivity index (χ2v) is 7.07. The molecule has 0 radical (unpaired) electrons. The van der Waals surface area contributed by atoms with Crippen molar-refractivity contribution in [1.82, 2.24) is 9.55 Å². The standard InChI is InChI=1S/C14H17ClN2OS/c1-10-2-3-13-12(8-10)16-14(9-15)17(13)11-4-6-19(18)7-5-11/h2-3,8,11H,4-7,9H2,1H3. The van der Waals surface area contributed by atoms with E-state index in [1.54, 1.807) is 0 Å². The number of hydrogen-bond donors (Lipinski definition) is 0. The van der Waals surface area contributed by atoms with Gasteiger partial charge in [0.2, 0.25) is 0 Å². The Labute approximate surface area is 120 Å².